The molecule has 2 aromatic heterocycles. The maximum atomic E-state index is 4.37. The molecular formula is C14H15N3S. The monoisotopic (exact) mass is 257 g/mol. The molecule has 0 aliphatic heterocycles. The number of benzene rings is 1. The fourth-order valence-corrected chi connectivity index (χ4v) is 3.10. The number of nitrogens with zero attached hydrogens (tertiary/aromatic N) is 2. The van der Waals surface area contributed by atoms with Crippen molar-refractivity contribution in [2.24, 2.45) is 0 Å². The summed E-state index contributed by atoms with van der Waals surface area (Å²) in [6.07, 6.45) is 3.90. The Morgan fingerprint density at radius 3 is 3.11 bits per heavy atom. The largest absolute Gasteiger partial charge is 0.329 e. The lowest BCUT2D eigenvalue weighted by Crippen LogP contribution is -2.12. The van der Waals surface area contributed by atoms with Crippen LogP contribution in [0.1, 0.15) is 11.4 Å². The second-order valence-electron chi connectivity index (χ2n) is 4.26. The molecule has 0 unspecified atom stereocenters. The Hall–Kier alpha value is -1.65. The first kappa shape index (κ1) is 11.4. The van der Waals surface area contributed by atoms with Gasteiger partial charge in [0.2, 0.25) is 0 Å². The van der Waals surface area contributed by atoms with Crippen molar-refractivity contribution in [1.82, 2.24) is 14.9 Å². The molecule has 4 heteroatoms. The molecule has 3 nitrogen and oxygen atoms in total. The predicted molar refractivity (Wildman–Crippen MR) is 75.9 cm³/mol. The van der Waals surface area contributed by atoms with Gasteiger partial charge in [-0.2, -0.15) is 0 Å². The molecule has 0 aliphatic rings. The zero-order valence-corrected chi connectivity index (χ0v) is 11.1. The summed E-state index contributed by atoms with van der Waals surface area (Å²) >= 11 is 1.81. The van der Waals surface area contributed by atoms with Gasteiger partial charge in [-0.25, -0.2) is 4.98 Å². The van der Waals surface area contributed by atoms with Crippen molar-refractivity contribution in [1.29, 1.82) is 0 Å². The molecule has 1 aromatic carbocycles. The normalized spacial score (nSPS) is 11.2. The van der Waals surface area contributed by atoms with E-state index in [1.165, 1.54) is 15.6 Å². The molecule has 2 heterocycles. The molecule has 1 N–H and O–H groups in total. The van der Waals surface area contributed by atoms with Gasteiger partial charge in [0.05, 0.1) is 13.1 Å². The van der Waals surface area contributed by atoms with Crippen LogP contribution in [0.15, 0.2) is 42.0 Å². The Kier molecular flexibility index (Phi) is 3.13. The Morgan fingerprint density at radius 1 is 1.33 bits per heavy atom. The van der Waals surface area contributed by atoms with E-state index in [1.807, 2.05) is 19.4 Å². The topological polar surface area (TPSA) is 29.9 Å². The number of hydrogen-bond acceptors (Lipinski definition) is 3. The second-order valence-corrected chi connectivity index (χ2v) is 5.17. The van der Waals surface area contributed by atoms with Crippen LogP contribution < -0.4 is 5.32 Å². The SMILES string of the molecule is CNCc1nccn1Cc1csc2ccccc12. The van der Waals surface area contributed by atoms with Gasteiger partial charge in [0.1, 0.15) is 5.82 Å². The number of imidazole rings is 1. The molecule has 0 radical (unpaired) electrons. The van der Waals surface area contributed by atoms with Gasteiger partial charge in [-0.15, -0.1) is 11.3 Å². The van der Waals surface area contributed by atoms with E-state index in [4.69, 9.17) is 0 Å². The molecule has 0 bridgehead atoms. The number of thiophene rings is 1. The van der Waals surface area contributed by atoms with Gasteiger partial charge in [0.15, 0.2) is 0 Å². The van der Waals surface area contributed by atoms with Crippen molar-refractivity contribution in [2.75, 3.05) is 7.05 Å². The first-order valence-electron chi connectivity index (χ1n) is 5.98. The van der Waals surface area contributed by atoms with Crippen molar-refractivity contribution >= 4 is 21.4 Å². The molecule has 18 heavy (non-hydrogen) atoms. The van der Waals surface area contributed by atoms with Gasteiger partial charge >= 0.3 is 0 Å². The van der Waals surface area contributed by atoms with E-state index in [0.29, 0.717) is 0 Å². The van der Waals surface area contributed by atoms with Crippen molar-refractivity contribution in [3.8, 4) is 0 Å². The first-order valence-corrected chi connectivity index (χ1v) is 6.86. The molecule has 0 atom stereocenters. The highest BCUT2D eigenvalue weighted by Gasteiger charge is 2.06. The lowest BCUT2D eigenvalue weighted by molar-refractivity contribution is 0.676. The van der Waals surface area contributed by atoms with Gasteiger partial charge in [-0.3, -0.25) is 0 Å². The number of rotatable bonds is 4. The summed E-state index contributed by atoms with van der Waals surface area (Å²) in [5.74, 6) is 1.08. The lowest BCUT2D eigenvalue weighted by Gasteiger charge is -2.06. The Balaban J connectivity index is 1.94. The van der Waals surface area contributed by atoms with Crippen molar-refractivity contribution in [2.45, 2.75) is 13.1 Å². The third-order valence-electron chi connectivity index (χ3n) is 3.04. The van der Waals surface area contributed by atoms with Crippen LogP contribution in [-0.2, 0) is 13.1 Å². The summed E-state index contributed by atoms with van der Waals surface area (Å²) in [7, 11) is 1.94. The smallest absolute Gasteiger partial charge is 0.122 e. The molecule has 0 spiro atoms. The molecule has 0 saturated carbocycles. The Labute approximate surface area is 110 Å². The van der Waals surface area contributed by atoms with Crippen molar-refractivity contribution < 1.29 is 0 Å². The van der Waals surface area contributed by atoms with E-state index < -0.39 is 0 Å². The van der Waals surface area contributed by atoms with E-state index >= 15 is 0 Å². The van der Waals surface area contributed by atoms with Crippen molar-refractivity contribution in [3.63, 3.8) is 0 Å². The van der Waals surface area contributed by atoms with Crippen LogP contribution >= 0.6 is 11.3 Å². The third-order valence-corrected chi connectivity index (χ3v) is 4.05. The molecule has 0 saturated heterocycles. The van der Waals surface area contributed by atoms with Gasteiger partial charge in [-0.05, 0) is 29.4 Å². The highest BCUT2D eigenvalue weighted by molar-refractivity contribution is 7.17. The Bertz CT molecular complexity index is 654. The summed E-state index contributed by atoms with van der Waals surface area (Å²) in [5.41, 5.74) is 1.37. The van der Waals surface area contributed by atoms with E-state index in [2.05, 4.69) is 44.5 Å². The predicted octanol–water partition coefficient (Wildman–Crippen LogP) is 2.87. The summed E-state index contributed by atoms with van der Waals surface area (Å²) in [6, 6.07) is 8.55. The molecule has 0 aliphatic carbocycles. The average Bonchev–Trinajstić information content (AvgIpc) is 2.99. The second kappa shape index (κ2) is 4.92. The number of fused-ring (bicyclic) bond motifs is 1. The van der Waals surface area contributed by atoms with Gasteiger partial charge in [-0.1, -0.05) is 18.2 Å². The van der Waals surface area contributed by atoms with Crippen LogP contribution in [0.4, 0.5) is 0 Å². The zero-order chi connectivity index (χ0) is 12.4. The molecule has 3 rings (SSSR count). The fraction of sp³-hybridized carbons (Fsp3) is 0.214. The number of hydrogen-bond donors (Lipinski definition) is 1. The molecule has 3 aromatic rings. The fourth-order valence-electron chi connectivity index (χ4n) is 2.15. The first-order chi connectivity index (χ1) is 8.88. The maximum Gasteiger partial charge on any atom is 0.122 e. The minimum atomic E-state index is 0.801. The van der Waals surface area contributed by atoms with E-state index in [-0.39, 0.29) is 0 Å². The highest BCUT2D eigenvalue weighted by Crippen LogP contribution is 2.26. The van der Waals surface area contributed by atoms with Gasteiger partial charge in [0.25, 0.3) is 0 Å². The van der Waals surface area contributed by atoms with Crippen LogP contribution in [0, 0.1) is 0 Å². The third kappa shape index (κ3) is 2.05. The van der Waals surface area contributed by atoms with Gasteiger partial charge < -0.3 is 9.88 Å². The highest BCUT2D eigenvalue weighted by atomic mass is 32.1. The summed E-state index contributed by atoms with van der Waals surface area (Å²) < 4.78 is 3.55. The standard InChI is InChI=1S/C14H15N3S/c1-15-8-14-16-6-7-17(14)9-11-10-18-13-5-3-2-4-12(11)13/h2-7,10,15H,8-9H2,1H3. The molecular weight excluding hydrogens is 242 g/mol. The summed E-state index contributed by atoms with van der Waals surface area (Å²) in [4.78, 5) is 4.37. The van der Waals surface area contributed by atoms with E-state index in [9.17, 15) is 0 Å². The maximum absolute atomic E-state index is 4.37. The minimum Gasteiger partial charge on any atom is -0.329 e. The number of aromatic nitrogens is 2. The van der Waals surface area contributed by atoms with Crippen LogP contribution in [0.3, 0.4) is 0 Å². The van der Waals surface area contributed by atoms with Crippen LogP contribution in [-0.4, -0.2) is 16.6 Å². The van der Waals surface area contributed by atoms with Crippen molar-refractivity contribution in [3.05, 3.63) is 53.4 Å². The molecule has 0 fully saturated rings. The molecule has 92 valence electrons. The van der Waals surface area contributed by atoms with Crippen LogP contribution in [0.2, 0.25) is 0 Å². The van der Waals surface area contributed by atoms with Gasteiger partial charge in [0, 0.05) is 17.1 Å². The zero-order valence-electron chi connectivity index (χ0n) is 10.3. The summed E-state index contributed by atoms with van der Waals surface area (Å²) in [5, 5.41) is 6.74. The number of nitrogens with one attached hydrogen (secondary N) is 1. The van der Waals surface area contributed by atoms with E-state index in [0.717, 1.165) is 18.9 Å². The minimum absolute atomic E-state index is 0.801. The van der Waals surface area contributed by atoms with Crippen LogP contribution in [0.5, 0.6) is 0 Å². The lowest BCUT2D eigenvalue weighted by atomic mass is 10.2. The van der Waals surface area contributed by atoms with E-state index in [1.54, 1.807) is 11.3 Å². The summed E-state index contributed by atoms with van der Waals surface area (Å²) in [6.45, 7) is 1.69. The molecule has 0 amide bonds. The quantitative estimate of drug-likeness (QED) is 0.779. The Morgan fingerprint density at radius 2 is 2.22 bits per heavy atom. The van der Waals surface area contributed by atoms with Crippen LogP contribution in [0.25, 0.3) is 10.1 Å². The average molecular weight is 257 g/mol.